The van der Waals surface area contributed by atoms with Gasteiger partial charge in [-0.1, -0.05) is 78.4 Å². The van der Waals surface area contributed by atoms with Gasteiger partial charge >= 0.3 is 0 Å². The van der Waals surface area contributed by atoms with Gasteiger partial charge in [-0.2, -0.15) is 0 Å². The lowest BCUT2D eigenvalue weighted by Gasteiger charge is -2.40. The Morgan fingerprint density at radius 2 is 1.50 bits per heavy atom. The molecule has 1 fully saturated rings. The zero-order valence-corrected chi connectivity index (χ0v) is 21.8. The quantitative estimate of drug-likeness (QED) is 0.411. The van der Waals surface area contributed by atoms with Crippen LogP contribution in [0.5, 0.6) is 0 Å². The summed E-state index contributed by atoms with van der Waals surface area (Å²) in [5.74, 6) is 0.0657. The van der Waals surface area contributed by atoms with Crippen LogP contribution in [-0.2, 0) is 4.79 Å². The summed E-state index contributed by atoms with van der Waals surface area (Å²) >= 11 is 11.5. The molecule has 186 valence electrons. The number of amides is 1. The first kappa shape index (κ1) is 24.9. The third kappa shape index (κ3) is 5.79. The van der Waals surface area contributed by atoms with E-state index in [1.165, 1.54) is 11.1 Å². The second-order valence-electron chi connectivity index (χ2n) is 9.38. The number of carbonyl (C=O) groups excluding carboxylic acids is 1. The van der Waals surface area contributed by atoms with E-state index in [0.717, 1.165) is 55.5 Å². The smallest absolute Gasteiger partial charge is 0.233 e. The molecule has 2 aliphatic rings. The van der Waals surface area contributed by atoms with Crippen LogP contribution in [0, 0.1) is 0 Å². The molecule has 1 N–H and O–H groups in total. The molecule has 1 amide bonds. The number of nitrogens with one attached hydrogen (secondary N) is 1. The lowest BCUT2D eigenvalue weighted by Crippen LogP contribution is -2.48. The predicted octanol–water partition coefficient (Wildman–Crippen LogP) is 5.61. The molecule has 0 spiro atoms. The van der Waals surface area contributed by atoms with E-state index in [1.807, 2.05) is 41.3 Å². The average molecular weight is 519 g/mol. The van der Waals surface area contributed by atoms with Crippen LogP contribution in [-0.4, -0.2) is 60.0 Å². The summed E-state index contributed by atoms with van der Waals surface area (Å²) in [4.78, 5) is 20.4. The maximum Gasteiger partial charge on any atom is 0.233 e. The van der Waals surface area contributed by atoms with Crippen LogP contribution in [0.3, 0.4) is 0 Å². The standard InChI is InChI=1S/C29H31ClN4OS/c30-24-13-11-23(12-14-24)29(22-7-2-1-3-8-22)33-19-17-32(18-20-33)15-6-16-34-26-10-5-4-9-25(26)31-27(36)21-28(34)35/h1-5,7-14,29H,6,15-21H2,(H,31,36). The third-order valence-corrected chi connectivity index (χ3v) is 7.51. The number of nitrogens with zero attached hydrogens (tertiary/aromatic N) is 3. The number of halogens is 1. The molecule has 3 aromatic rings. The maximum absolute atomic E-state index is 12.8. The van der Waals surface area contributed by atoms with E-state index >= 15 is 0 Å². The molecule has 2 aliphatic heterocycles. The molecule has 0 radical (unpaired) electrons. The normalized spacial score (nSPS) is 17.9. The number of hydrogen-bond acceptors (Lipinski definition) is 4. The Morgan fingerprint density at radius 3 is 2.25 bits per heavy atom. The van der Waals surface area contributed by atoms with Gasteiger partial charge in [0.05, 0.1) is 28.8 Å². The number of hydrogen-bond donors (Lipinski definition) is 1. The molecule has 0 bridgehead atoms. The van der Waals surface area contributed by atoms with Crippen LogP contribution in [0.1, 0.15) is 30.0 Å². The molecule has 0 aliphatic carbocycles. The molecule has 3 aromatic carbocycles. The first-order valence-electron chi connectivity index (χ1n) is 12.5. The van der Waals surface area contributed by atoms with Crippen LogP contribution in [0.25, 0.3) is 0 Å². The lowest BCUT2D eigenvalue weighted by atomic mass is 9.96. The van der Waals surface area contributed by atoms with Crippen molar-refractivity contribution in [1.82, 2.24) is 9.80 Å². The summed E-state index contributed by atoms with van der Waals surface area (Å²) < 4.78 is 0. The number of carbonyl (C=O) groups is 1. The molecule has 5 nitrogen and oxygen atoms in total. The fourth-order valence-corrected chi connectivity index (χ4v) is 5.57. The van der Waals surface area contributed by atoms with Gasteiger partial charge in [-0.15, -0.1) is 0 Å². The number of para-hydroxylation sites is 2. The maximum atomic E-state index is 12.8. The van der Waals surface area contributed by atoms with E-state index in [-0.39, 0.29) is 18.4 Å². The molecule has 1 saturated heterocycles. The van der Waals surface area contributed by atoms with Crippen LogP contribution >= 0.6 is 23.8 Å². The molecule has 5 rings (SSSR count). The Balaban J connectivity index is 1.20. The van der Waals surface area contributed by atoms with E-state index in [1.54, 1.807) is 0 Å². The summed E-state index contributed by atoms with van der Waals surface area (Å²) in [5, 5.41) is 3.98. The van der Waals surface area contributed by atoms with Crippen LogP contribution in [0.15, 0.2) is 78.9 Å². The first-order chi connectivity index (χ1) is 17.6. The zero-order valence-electron chi connectivity index (χ0n) is 20.3. The van der Waals surface area contributed by atoms with Gasteiger partial charge in [0.15, 0.2) is 0 Å². The Kier molecular flexibility index (Phi) is 7.97. The first-order valence-corrected chi connectivity index (χ1v) is 13.3. The highest BCUT2D eigenvalue weighted by Gasteiger charge is 2.27. The fourth-order valence-electron chi connectivity index (χ4n) is 5.21. The Hall–Kier alpha value is -2.77. The summed E-state index contributed by atoms with van der Waals surface area (Å²) in [5.41, 5.74) is 4.40. The second-order valence-corrected chi connectivity index (χ2v) is 10.3. The Morgan fingerprint density at radius 1 is 0.833 bits per heavy atom. The van der Waals surface area contributed by atoms with Gasteiger partial charge in [0.2, 0.25) is 5.91 Å². The van der Waals surface area contributed by atoms with Crippen LogP contribution < -0.4 is 10.2 Å². The van der Waals surface area contributed by atoms with E-state index in [0.29, 0.717) is 11.5 Å². The number of piperazine rings is 1. The molecule has 1 unspecified atom stereocenters. The predicted molar refractivity (Wildman–Crippen MR) is 152 cm³/mol. The van der Waals surface area contributed by atoms with E-state index in [4.69, 9.17) is 23.8 Å². The minimum Gasteiger partial charge on any atom is -0.348 e. The van der Waals surface area contributed by atoms with Crippen molar-refractivity contribution in [3.63, 3.8) is 0 Å². The molecule has 1 atom stereocenters. The molecule has 36 heavy (non-hydrogen) atoms. The van der Waals surface area contributed by atoms with E-state index in [9.17, 15) is 4.79 Å². The van der Waals surface area contributed by atoms with E-state index < -0.39 is 0 Å². The van der Waals surface area contributed by atoms with Crippen molar-refractivity contribution in [2.45, 2.75) is 18.9 Å². The molecular weight excluding hydrogens is 488 g/mol. The molecule has 7 heteroatoms. The minimum atomic E-state index is 0.0657. The van der Waals surface area contributed by atoms with Crippen molar-refractivity contribution in [3.8, 4) is 0 Å². The number of thiocarbonyl (C=S) groups is 1. The van der Waals surface area contributed by atoms with Gasteiger partial charge in [0, 0.05) is 37.7 Å². The largest absolute Gasteiger partial charge is 0.348 e. The average Bonchev–Trinajstić information content (AvgIpc) is 3.01. The summed E-state index contributed by atoms with van der Waals surface area (Å²) in [6, 6.07) is 27.1. The van der Waals surface area contributed by atoms with Gasteiger partial charge in [-0.3, -0.25) is 9.69 Å². The number of fused-ring (bicyclic) bond motifs is 1. The highest BCUT2D eigenvalue weighted by atomic mass is 35.5. The molecule has 2 heterocycles. The lowest BCUT2D eigenvalue weighted by molar-refractivity contribution is -0.117. The molecular formula is C29H31ClN4OS. The summed E-state index contributed by atoms with van der Waals surface area (Å²) in [6.07, 6.45) is 1.18. The Labute approximate surface area is 223 Å². The monoisotopic (exact) mass is 518 g/mol. The SMILES string of the molecule is O=C1CC(=S)Nc2ccccc2N1CCCN1CCN(C(c2ccccc2)c2ccc(Cl)cc2)CC1. The number of anilines is 2. The second kappa shape index (κ2) is 11.5. The Bertz CT molecular complexity index is 1200. The summed E-state index contributed by atoms with van der Waals surface area (Å²) in [6.45, 7) is 5.66. The van der Waals surface area contributed by atoms with Gasteiger partial charge in [-0.05, 0) is 48.4 Å². The van der Waals surface area contributed by atoms with Crippen molar-refractivity contribution in [1.29, 1.82) is 0 Å². The van der Waals surface area contributed by atoms with Gasteiger partial charge in [0.1, 0.15) is 0 Å². The topological polar surface area (TPSA) is 38.8 Å². The minimum absolute atomic E-state index is 0.0657. The fraction of sp³-hybridized carbons (Fsp3) is 0.310. The number of rotatable bonds is 7. The highest BCUT2D eigenvalue weighted by Crippen LogP contribution is 2.31. The third-order valence-electron chi connectivity index (χ3n) is 7.01. The van der Waals surface area contributed by atoms with Crippen LogP contribution in [0.4, 0.5) is 11.4 Å². The van der Waals surface area contributed by atoms with Crippen molar-refractivity contribution in [2.24, 2.45) is 0 Å². The van der Waals surface area contributed by atoms with Gasteiger partial charge in [-0.25, -0.2) is 0 Å². The highest BCUT2D eigenvalue weighted by molar-refractivity contribution is 7.80. The van der Waals surface area contributed by atoms with Crippen molar-refractivity contribution >= 4 is 46.1 Å². The van der Waals surface area contributed by atoms with Crippen molar-refractivity contribution in [2.75, 3.05) is 49.5 Å². The zero-order chi connectivity index (χ0) is 24.9. The van der Waals surface area contributed by atoms with Crippen LogP contribution in [0.2, 0.25) is 5.02 Å². The van der Waals surface area contributed by atoms with Crippen molar-refractivity contribution in [3.05, 3.63) is 95.0 Å². The molecule has 0 saturated carbocycles. The summed E-state index contributed by atoms with van der Waals surface area (Å²) in [7, 11) is 0. The van der Waals surface area contributed by atoms with Gasteiger partial charge in [0.25, 0.3) is 0 Å². The van der Waals surface area contributed by atoms with Crippen molar-refractivity contribution < 1.29 is 4.79 Å². The van der Waals surface area contributed by atoms with E-state index in [2.05, 4.69) is 57.6 Å². The van der Waals surface area contributed by atoms with Gasteiger partial charge < -0.3 is 15.1 Å². The number of benzene rings is 3. The molecule has 0 aromatic heterocycles.